The van der Waals surface area contributed by atoms with Gasteiger partial charge in [-0.2, -0.15) is 0 Å². The number of H-pyrrole nitrogens is 2. The third kappa shape index (κ3) is 4.13. The van der Waals surface area contributed by atoms with E-state index < -0.39 is 23.4 Å². The number of esters is 1. The number of primary amides is 1. The number of rotatable bonds is 7. The van der Waals surface area contributed by atoms with Gasteiger partial charge in [-0.05, 0) is 24.6 Å². The zero-order valence-electron chi connectivity index (χ0n) is 14.9. The molecule has 144 valence electrons. The summed E-state index contributed by atoms with van der Waals surface area (Å²) in [4.78, 5) is 35.9. The predicted molar refractivity (Wildman–Crippen MR) is 94.8 cm³/mol. The lowest BCUT2D eigenvalue weighted by Crippen LogP contribution is -2.22. The molecule has 0 radical (unpaired) electrons. The van der Waals surface area contributed by atoms with Gasteiger partial charge in [0, 0.05) is 17.9 Å². The van der Waals surface area contributed by atoms with Crippen LogP contribution < -0.4 is 20.8 Å². The summed E-state index contributed by atoms with van der Waals surface area (Å²) in [6.45, 7) is 2.80. The van der Waals surface area contributed by atoms with Gasteiger partial charge in [0.15, 0.2) is 11.5 Å². The van der Waals surface area contributed by atoms with Gasteiger partial charge in [0.25, 0.3) is 5.56 Å². The molecule has 1 aromatic carbocycles. The van der Waals surface area contributed by atoms with E-state index in [2.05, 4.69) is 10.2 Å². The largest absolute Gasteiger partial charge is 0.486 e. The number of nitrogens with one attached hydrogen (secondary N) is 2. The highest BCUT2D eigenvalue weighted by molar-refractivity contribution is 5.76. The van der Waals surface area contributed by atoms with Crippen LogP contribution in [0.15, 0.2) is 23.0 Å². The maximum atomic E-state index is 12.4. The highest BCUT2D eigenvalue weighted by Crippen LogP contribution is 2.36. The molecule has 1 amide bonds. The molecule has 0 bridgehead atoms. The molecule has 1 aliphatic rings. The van der Waals surface area contributed by atoms with Crippen molar-refractivity contribution in [1.29, 1.82) is 0 Å². The second kappa shape index (κ2) is 7.98. The standard InChI is InChI=1S/C18H21N3O6/c1-2-25-16(23)9-12-17(18(24)21-20-12)11(8-15(19)22)10-3-4-13-14(7-10)27-6-5-26-13/h3-4,7,11H,2,5-6,8-9H2,1H3,(H2,19,22)(H2,20,21,24)/t11-/m1/s1. The molecule has 1 atom stereocenters. The van der Waals surface area contributed by atoms with Crippen LogP contribution >= 0.6 is 0 Å². The maximum absolute atomic E-state index is 12.4. The molecule has 2 heterocycles. The average molecular weight is 375 g/mol. The molecule has 2 aromatic rings. The molecular formula is C18H21N3O6. The Morgan fingerprint density at radius 1 is 1.22 bits per heavy atom. The summed E-state index contributed by atoms with van der Waals surface area (Å²) in [5.74, 6) is -0.561. The topological polar surface area (TPSA) is 136 Å². The molecule has 9 nitrogen and oxygen atoms in total. The van der Waals surface area contributed by atoms with Crippen molar-refractivity contribution in [2.24, 2.45) is 5.73 Å². The number of carbonyl (C=O) groups is 2. The van der Waals surface area contributed by atoms with Crippen molar-refractivity contribution in [3.8, 4) is 11.5 Å². The van der Waals surface area contributed by atoms with Crippen LogP contribution in [0.1, 0.15) is 36.1 Å². The van der Waals surface area contributed by atoms with Crippen LogP contribution in [0.2, 0.25) is 0 Å². The maximum Gasteiger partial charge on any atom is 0.311 e. The van der Waals surface area contributed by atoms with E-state index in [1.165, 1.54) is 0 Å². The van der Waals surface area contributed by atoms with E-state index in [1.807, 2.05) is 0 Å². The first-order chi connectivity index (χ1) is 13.0. The molecule has 4 N–H and O–H groups in total. The predicted octanol–water partition coefficient (Wildman–Crippen LogP) is 0.587. The van der Waals surface area contributed by atoms with Crippen LogP contribution in [0.5, 0.6) is 11.5 Å². The first-order valence-electron chi connectivity index (χ1n) is 8.62. The number of aromatic amines is 2. The van der Waals surface area contributed by atoms with Gasteiger partial charge in [0.2, 0.25) is 5.91 Å². The minimum absolute atomic E-state index is 0.101. The molecule has 0 saturated heterocycles. The summed E-state index contributed by atoms with van der Waals surface area (Å²) in [5.41, 5.74) is 6.29. The number of ether oxygens (including phenoxy) is 3. The molecule has 27 heavy (non-hydrogen) atoms. The zero-order valence-corrected chi connectivity index (χ0v) is 14.9. The number of benzene rings is 1. The molecule has 0 unspecified atom stereocenters. The van der Waals surface area contributed by atoms with Crippen LogP contribution in [-0.2, 0) is 20.7 Å². The Morgan fingerprint density at radius 2 is 1.96 bits per heavy atom. The molecule has 0 spiro atoms. The molecule has 0 saturated carbocycles. The van der Waals surface area contributed by atoms with Gasteiger partial charge in [-0.1, -0.05) is 6.07 Å². The summed E-state index contributed by atoms with van der Waals surface area (Å²) in [7, 11) is 0. The summed E-state index contributed by atoms with van der Waals surface area (Å²) in [6.07, 6.45) is -0.224. The summed E-state index contributed by atoms with van der Waals surface area (Å²) >= 11 is 0. The lowest BCUT2D eigenvalue weighted by Gasteiger charge is -2.21. The van der Waals surface area contributed by atoms with E-state index in [-0.39, 0.29) is 25.0 Å². The normalized spacial score (nSPS) is 13.8. The van der Waals surface area contributed by atoms with Gasteiger partial charge in [-0.25, -0.2) is 0 Å². The molecule has 3 rings (SSSR count). The fraction of sp³-hybridized carbons (Fsp3) is 0.389. The van der Waals surface area contributed by atoms with E-state index >= 15 is 0 Å². The molecule has 1 aliphatic heterocycles. The van der Waals surface area contributed by atoms with Crippen molar-refractivity contribution in [3.63, 3.8) is 0 Å². The summed E-state index contributed by atoms with van der Waals surface area (Å²) in [5, 5.41) is 5.18. The Hall–Kier alpha value is -3.23. The Labute approximate surface area is 154 Å². The SMILES string of the molecule is CCOC(=O)Cc1[nH][nH]c(=O)c1[C@H](CC(N)=O)c1ccc2c(c1)OCCO2. The number of amides is 1. The summed E-state index contributed by atoms with van der Waals surface area (Å²) < 4.78 is 16.0. The number of hydrogen-bond donors (Lipinski definition) is 3. The molecule has 9 heteroatoms. The van der Waals surface area contributed by atoms with Crippen LogP contribution in [0.25, 0.3) is 0 Å². The fourth-order valence-electron chi connectivity index (χ4n) is 3.13. The third-order valence-electron chi connectivity index (χ3n) is 4.25. The van der Waals surface area contributed by atoms with Gasteiger partial charge in [0.1, 0.15) is 13.2 Å². The van der Waals surface area contributed by atoms with Crippen molar-refractivity contribution in [1.82, 2.24) is 10.2 Å². The third-order valence-corrected chi connectivity index (χ3v) is 4.25. The van der Waals surface area contributed by atoms with E-state index in [1.54, 1.807) is 25.1 Å². The van der Waals surface area contributed by atoms with Crippen molar-refractivity contribution in [3.05, 3.63) is 45.4 Å². The van der Waals surface area contributed by atoms with Gasteiger partial charge in [-0.3, -0.25) is 19.5 Å². The Balaban J connectivity index is 2.01. The lowest BCUT2D eigenvalue weighted by atomic mass is 9.87. The van der Waals surface area contributed by atoms with E-state index in [0.29, 0.717) is 36.0 Å². The number of nitrogens with two attached hydrogens (primary N) is 1. The lowest BCUT2D eigenvalue weighted by molar-refractivity contribution is -0.142. The van der Waals surface area contributed by atoms with Crippen molar-refractivity contribution in [2.75, 3.05) is 19.8 Å². The molecule has 1 aromatic heterocycles. The minimum Gasteiger partial charge on any atom is -0.486 e. The monoisotopic (exact) mass is 375 g/mol. The quantitative estimate of drug-likeness (QED) is 0.606. The average Bonchev–Trinajstić information content (AvgIpc) is 2.99. The van der Waals surface area contributed by atoms with Crippen LogP contribution in [-0.4, -0.2) is 41.9 Å². The van der Waals surface area contributed by atoms with Gasteiger partial charge < -0.3 is 25.0 Å². The van der Waals surface area contributed by atoms with Crippen molar-refractivity contribution < 1.29 is 23.8 Å². The molecule has 0 fully saturated rings. The van der Waals surface area contributed by atoms with Crippen LogP contribution in [0.3, 0.4) is 0 Å². The van der Waals surface area contributed by atoms with Gasteiger partial charge in [0.05, 0.1) is 18.7 Å². The highest BCUT2D eigenvalue weighted by Gasteiger charge is 2.27. The zero-order chi connectivity index (χ0) is 19.4. The minimum atomic E-state index is -0.641. The number of carbonyl (C=O) groups excluding carboxylic acids is 2. The first-order valence-corrected chi connectivity index (χ1v) is 8.62. The Bertz CT molecular complexity index is 901. The van der Waals surface area contributed by atoms with Crippen molar-refractivity contribution in [2.45, 2.75) is 25.7 Å². The number of hydrogen-bond acceptors (Lipinski definition) is 6. The van der Waals surface area contributed by atoms with E-state index in [9.17, 15) is 14.4 Å². The number of fused-ring (bicyclic) bond motifs is 1. The summed E-state index contributed by atoms with van der Waals surface area (Å²) in [6, 6.07) is 5.20. The molecule has 0 aliphatic carbocycles. The highest BCUT2D eigenvalue weighted by atomic mass is 16.6. The van der Waals surface area contributed by atoms with E-state index in [0.717, 1.165) is 0 Å². The second-order valence-corrected chi connectivity index (χ2v) is 6.08. The van der Waals surface area contributed by atoms with Crippen molar-refractivity contribution >= 4 is 11.9 Å². The first kappa shape index (κ1) is 18.6. The smallest absolute Gasteiger partial charge is 0.311 e. The second-order valence-electron chi connectivity index (χ2n) is 6.08. The fourth-order valence-corrected chi connectivity index (χ4v) is 3.13. The van der Waals surface area contributed by atoms with Crippen LogP contribution in [0.4, 0.5) is 0 Å². The Morgan fingerprint density at radius 3 is 2.67 bits per heavy atom. The van der Waals surface area contributed by atoms with Crippen LogP contribution in [0, 0.1) is 0 Å². The Kier molecular flexibility index (Phi) is 5.49. The van der Waals surface area contributed by atoms with Gasteiger partial charge in [-0.15, -0.1) is 0 Å². The number of aromatic nitrogens is 2. The molecular weight excluding hydrogens is 354 g/mol. The van der Waals surface area contributed by atoms with Gasteiger partial charge >= 0.3 is 5.97 Å². The van der Waals surface area contributed by atoms with E-state index in [4.69, 9.17) is 19.9 Å².